The molecule has 0 aliphatic carbocycles. The molecule has 0 spiro atoms. The first kappa shape index (κ1) is 29.4. The normalized spacial score (nSPS) is 10.2. The summed E-state index contributed by atoms with van der Waals surface area (Å²) in [6.45, 7) is 0. The third-order valence-corrected chi connectivity index (χ3v) is 5.46. The maximum atomic E-state index is 9.50. The van der Waals surface area contributed by atoms with Crippen LogP contribution in [0.15, 0.2) is 107 Å². The van der Waals surface area contributed by atoms with Gasteiger partial charge in [-0.2, -0.15) is 0 Å². The minimum atomic E-state index is -1.30. The van der Waals surface area contributed by atoms with Gasteiger partial charge in [-0.25, -0.2) is 0 Å². The van der Waals surface area contributed by atoms with Gasteiger partial charge in [0, 0.05) is 23.6 Å². The third kappa shape index (κ3) is 10.7. The number of phenolic OH excluding ortho intramolecular Hbond substituents is 4. The fourth-order valence-corrected chi connectivity index (χ4v) is 2.85. The number of aromatic hydroxyl groups is 4. The molecule has 4 rings (SSSR count). The summed E-state index contributed by atoms with van der Waals surface area (Å²) in [5.41, 5.74) is 2.19. The van der Waals surface area contributed by atoms with Crippen LogP contribution in [-0.4, -0.2) is 32.9 Å². The van der Waals surface area contributed by atoms with E-state index in [0.29, 0.717) is 22.5 Å². The molecule has 0 aromatic heterocycles. The summed E-state index contributed by atoms with van der Waals surface area (Å²) < 4.78 is 22.4. The Morgan fingerprint density at radius 3 is 1.14 bits per heavy atom. The number of nitrogens with zero attached hydrogens (tertiary/aromatic N) is 2. The van der Waals surface area contributed by atoms with Gasteiger partial charge in [0.05, 0.1) is 0 Å². The van der Waals surface area contributed by atoms with Crippen LogP contribution in [0.5, 0.6) is 23.0 Å². The molecule has 0 heterocycles. The average Bonchev–Trinajstić information content (AvgIpc) is 2.91. The molecule has 37 heavy (non-hydrogen) atoms. The fourth-order valence-electron chi connectivity index (χ4n) is 2.63. The quantitative estimate of drug-likeness (QED) is 0.225. The van der Waals surface area contributed by atoms with E-state index in [-0.39, 0.29) is 23.0 Å². The van der Waals surface area contributed by atoms with E-state index in [1.165, 1.54) is 12.4 Å². The van der Waals surface area contributed by atoms with E-state index in [1.807, 2.05) is 12.1 Å². The minimum absolute atomic E-state index is 0.120. The van der Waals surface area contributed by atoms with Crippen molar-refractivity contribution in [1.29, 1.82) is 0 Å². The molecule has 0 atom stereocenters. The van der Waals surface area contributed by atoms with E-state index in [4.69, 9.17) is 0 Å². The van der Waals surface area contributed by atoms with Crippen molar-refractivity contribution in [2.45, 2.75) is 0 Å². The van der Waals surface area contributed by atoms with E-state index in [9.17, 15) is 27.8 Å². The van der Waals surface area contributed by atoms with Crippen LogP contribution in [0.4, 0.5) is 11.4 Å². The number of phenols is 4. The second-order valence-corrected chi connectivity index (χ2v) is 8.61. The van der Waals surface area contributed by atoms with Crippen LogP contribution >= 0.6 is 0 Å². The van der Waals surface area contributed by atoms with Gasteiger partial charge in [-0.1, -0.05) is 48.5 Å². The van der Waals surface area contributed by atoms with Crippen molar-refractivity contribution in [1.82, 2.24) is 0 Å². The molecule has 0 aliphatic rings. The predicted molar refractivity (Wildman–Crippen MR) is 129 cm³/mol. The Bertz CT molecular complexity index is 1170. The van der Waals surface area contributed by atoms with Gasteiger partial charge < -0.3 is 20.4 Å². The Kier molecular flexibility index (Phi) is 13.3. The fraction of sp³-hybridized carbons (Fsp3) is 0. The standard InChI is InChI=1S/2C13H11NO2.3O.2V/c2*15-12-7-3-1-5-10(12)9-14-11-6-2-4-8-13(11)16;;;;;/h2*1-9,15-16H;;;;;. The predicted octanol–water partition coefficient (Wildman–Crippen LogP) is 5.39. The molecule has 9 nitrogen and oxygen atoms in total. The number of para-hydroxylation sites is 6. The van der Waals surface area contributed by atoms with Crippen LogP contribution in [0.25, 0.3) is 0 Å². The number of rotatable bonds is 6. The first-order valence-corrected chi connectivity index (χ1v) is 12.8. The van der Waals surface area contributed by atoms with Crippen molar-refractivity contribution < 1.29 is 63.5 Å². The van der Waals surface area contributed by atoms with Gasteiger partial charge in [0.1, 0.15) is 34.4 Å². The van der Waals surface area contributed by atoms with Crippen LogP contribution in [0, 0.1) is 0 Å². The van der Waals surface area contributed by atoms with Gasteiger partial charge in [0.25, 0.3) is 0 Å². The molecule has 0 radical (unpaired) electrons. The molecule has 0 bridgehead atoms. The number of benzene rings is 4. The van der Waals surface area contributed by atoms with Gasteiger partial charge in [-0.05, 0) is 48.5 Å². The van der Waals surface area contributed by atoms with Crippen molar-refractivity contribution in [2.75, 3.05) is 0 Å². The molecule has 4 N–H and O–H groups in total. The van der Waals surface area contributed by atoms with Crippen molar-refractivity contribution in [3.05, 3.63) is 108 Å². The molecule has 4 aromatic rings. The van der Waals surface area contributed by atoms with Gasteiger partial charge in [-0.15, -0.1) is 0 Å². The van der Waals surface area contributed by atoms with E-state index in [2.05, 4.69) is 12.6 Å². The number of hydrogen-bond donors (Lipinski definition) is 4. The monoisotopic (exact) mass is 576 g/mol. The van der Waals surface area contributed by atoms with E-state index in [0.717, 1.165) is 0 Å². The molecule has 188 valence electrons. The third-order valence-electron chi connectivity index (χ3n) is 4.39. The van der Waals surface area contributed by atoms with Crippen LogP contribution in [0.1, 0.15) is 11.1 Å². The molecule has 0 saturated carbocycles. The van der Waals surface area contributed by atoms with Crippen molar-refractivity contribution in [3.8, 4) is 23.0 Å². The summed E-state index contributed by atoms with van der Waals surface area (Å²) in [6, 6.07) is 27.4. The zero-order valence-electron chi connectivity index (χ0n) is 19.2. The Labute approximate surface area is 227 Å². The topological polar surface area (TPSA) is 149 Å². The van der Waals surface area contributed by atoms with E-state index < -0.39 is 33.2 Å². The molecule has 0 saturated heterocycles. The average molecular weight is 576 g/mol. The van der Waals surface area contributed by atoms with Crippen LogP contribution in [-0.2, 0) is 43.1 Å². The zero-order valence-corrected chi connectivity index (χ0v) is 22.0. The molecule has 0 unspecified atom stereocenters. The summed E-state index contributed by atoms with van der Waals surface area (Å²) in [7, 11) is 0. The van der Waals surface area contributed by atoms with Crippen LogP contribution in [0.3, 0.4) is 0 Å². The number of hydrogen-bond acceptors (Lipinski definition) is 9. The molecule has 0 fully saturated rings. The first-order valence-electron chi connectivity index (χ1n) is 10.5. The summed E-state index contributed by atoms with van der Waals surface area (Å²) >= 11 is -2.61. The summed E-state index contributed by atoms with van der Waals surface area (Å²) in [5.74, 6) is 0.576. The zero-order chi connectivity index (χ0) is 26.9. The number of aliphatic imine (C=N–C) groups is 2. The molecular formula is C26H22N2O7V2. The van der Waals surface area contributed by atoms with Crippen molar-refractivity contribution in [2.24, 2.45) is 9.98 Å². The van der Waals surface area contributed by atoms with E-state index in [1.54, 1.807) is 84.9 Å². The van der Waals surface area contributed by atoms with Gasteiger partial charge >= 0.3 is 43.1 Å². The van der Waals surface area contributed by atoms with Crippen LogP contribution < -0.4 is 0 Å². The summed E-state index contributed by atoms with van der Waals surface area (Å²) in [6.07, 6.45) is 3.04. The van der Waals surface area contributed by atoms with Crippen molar-refractivity contribution >= 4 is 23.8 Å². The van der Waals surface area contributed by atoms with Gasteiger partial charge in [0.15, 0.2) is 0 Å². The van der Waals surface area contributed by atoms with Gasteiger partial charge in [-0.3, -0.25) is 9.98 Å². The van der Waals surface area contributed by atoms with Crippen LogP contribution in [0.2, 0.25) is 0 Å². The second-order valence-electron chi connectivity index (χ2n) is 6.84. The first-order chi connectivity index (χ1) is 18.0. The molecule has 4 aromatic carbocycles. The molecule has 0 amide bonds. The molecular weight excluding hydrogens is 554 g/mol. The Hall–Kier alpha value is -3.85. The van der Waals surface area contributed by atoms with Crippen molar-refractivity contribution in [3.63, 3.8) is 0 Å². The summed E-state index contributed by atoms with van der Waals surface area (Å²) in [5, 5.41) is 38.0. The van der Waals surface area contributed by atoms with Gasteiger partial charge in [0.2, 0.25) is 0 Å². The molecule has 11 heteroatoms. The Balaban J connectivity index is 0.000000221. The SMILES string of the molecule is Oc1ccccc1C=Nc1ccccc1O.Oc1ccccc1C=Nc1ccccc1O.[O]=[V][O][V]=[O]. The molecule has 0 aliphatic heterocycles. The Morgan fingerprint density at radius 1 is 0.514 bits per heavy atom. The maximum absolute atomic E-state index is 9.50. The second kappa shape index (κ2) is 16.8. The summed E-state index contributed by atoms with van der Waals surface area (Å²) in [4.78, 5) is 8.20. The Morgan fingerprint density at radius 2 is 0.838 bits per heavy atom. The van der Waals surface area contributed by atoms with E-state index >= 15 is 0 Å².